The van der Waals surface area contributed by atoms with Crippen molar-refractivity contribution >= 4 is 28.2 Å². The number of urea groups is 1. The van der Waals surface area contributed by atoms with Crippen LogP contribution in [0.1, 0.15) is 5.01 Å². The zero-order valence-electron chi connectivity index (χ0n) is 12.8. The molecule has 0 aliphatic rings. The average Bonchev–Trinajstić information content (AvgIpc) is 3.04. The number of benzene rings is 2. The maximum Gasteiger partial charge on any atom is 0.325 e. The summed E-state index contributed by atoms with van der Waals surface area (Å²) in [6.07, 6.45) is 0.633. The van der Waals surface area contributed by atoms with Gasteiger partial charge in [0.2, 0.25) is 5.13 Å². The van der Waals surface area contributed by atoms with Gasteiger partial charge in [0.05, 0.1) is 6.61 Å². The average molecular weight is 340 g/mol. The summed E-state index contributed by atoms with van der Waals surface area (Å²) in [5.41, 5.74) is 0.719. The van der Waals surface area contributed by atoms with Crippen molar-refractivity contribution in [3.63, 3.8) is 0 Å². The van der Waals surface area contributed by atoms with Crippen molar-refractivity contribution in [2.24, 2.45) is 0 Å². The molecule has 3 aromatic rings. The Labute approximate surface area is 143 Å². The first kappa shape index (κ1) is 15.9. The van der Waals surface area contributed by atoms with Crippen molar-refractivity contribution in [2.45, 2.75) is 6.42 Å². The van der Waals surface area contributed by atoms with E-state index in [4.69, 9.17) is 4.74 Å². The number of amides is 2. The number of hydrogen-bond acceptors (Lipinski definition) is 5. The lowest BCUT2D eigenvalue weighted by Crippen LogP contribution is -2.19. The zero-order chi connectivity index (χ0) is 16.6. The third-order valence-electron chi connectivity index (χ3n) is 3.05. The lowest BCUT2D eigenvalue weighted by atomic mass is 10.3. The molecule has 2 amide bonds. The van der Waals surface area contributed by atoms with Gasteiger partial charge in [-0.05, 0) is 24.3 Å². The van der Waals surface area contributed by atoms with Gasteiger partial charge in [-0.1, -0.05) is 47.7 Å². The molecule has 1 aromatic heterocycles. The lowest BCUT2D eigenvalue weighted by molar-refractivity contribution is 0.262. The summed E-state index contributed by atoms with van der Waals surface area (Å²) in [4.78, 5) is 11.9. The van der Waals surface area contributed by atoms with Gasteiger partial charge in [0.15, 0.2) is 0 Å². The molecule has 0 saturated heterocycles. The summed E-state index contributed by atoms with van der Waals surface area (Å²) >= 11 is 1.33. The SMILES string of the molecule is O=C(Nc1ccccc1)Nc1nnc(CCOc2ccccc2)s1. The first-order valence-electron chi connectivity index (χ1n) is 7.43. The van der Waals surface area contributed by atoms with E-state index in [1.807, 2.05) is 60.7 Å². The fraction of sp³-hybridized carbons (Fsp3) is 0.118. The molecule has 0 aliphatic heterocycles. The van der Waals surface area contributed by atoms with Gasteiger partial charge in [0, 0.05) is 12.1 Å². The van der Waals surface area contributed by atoms with Crippen LogP contribution < -0.4 is 15.4 Å². The number of hydrogen-bond donors (Lipinski definition) is 2. The van der Waals surface area contributed by atoms with Crippen LogP contribution in [0.5, 0.6) is 5.75 Å². The molecule has 0 radical (unpaired) electrons. The van der Waals surface area contributed by atoms with Crippen LogP contribution >= 0.6 is 11.3 Å². The van der Waals surface area contributed by atoms with E-state index in [9.17, 15) is 4.79 Å². The van der Waals surface area contributed by atoms with Gasteiger partial charge >= 0.3 is 6.03 Å². The number of para-hydroxylation sites is 2. The quantitative estimate of drug-likeness (QED) is 0.715. The van der Waals surface area contributed by atoms with Crippen LogP contribution in [0.2, 0.25) is 0 Å². The fourth-order valence-electron chi connectivity index (χ4n) is 1.96. The molecule has 0 atom stereocenters. The van der Waals surface area contributed by atoms with Gasteiger partial charge in [-0.15, -0.1) is 10.2 Å². The number of anilines is 2. The first-order chi connectivity index (χ1) is 11.8. The van der Waals surface area contributed by atoms with E-state index in [1.54, 1.807) is 0 Å². The van der Waals surface area contributed by atoms with Crippen molar-refractivity contribution in [3.05, 3.63) is 65.7 Å². The van der Waals surface area contributed by atoms with Crippen LogP contribution in [-0.2, 0) is 6.42 Å². The Bertz CT molecular complexity index is 778. The minimum atomic E-state index is -0.343. The Kier molecular flexibility index (Phi) is 5.36. The van der Waals surface area contributed by atoms with E-state index in [0.29, 0.717) is 18.2 Å². The zero-order valence-corrected chi connectivity index (χ0v) is 13.6. The highest BCUT2D eigenvalue weighted by molar-refractivity contribution is 7.15. The number of rotatable bonds is 6. The van der Waals surface area contributed by atoms with Crippen molar-refractivity contribution in [1.29, 1.82) is 0 Å². The highest BCUT2D eigenvalue weighted by Crippen LogP contribution is 2.17. The molecule has 0 spiro atoms. The number of nitrogens with zero attached hydrogens (tertiary/aromatic N) is 2. The molecule has 0 fully saturated rings. The molecule has 0 bridgehead atoms. The van der Waals surface area contributed by atoms with Gasteiger partial charge in [-0.25, -0.2) is 4.79 Å². The maximum atomic E-state index is 11.9. The molecule has 0 aliphatic carbocycles. The molecule has 24 heavy (non-hydrogen) atoms. The second-order valence-corrected chi connectivity index (χ2v) is 5.92. The van der Waals surface area contributed by atoms with Crippen LogP contribution in [0.25, 0.3) is 0 Å². The first-order valence-corrected chi connectivity index (χ1v) is 8.24. The molecule has 2 N–H and O–H groups in total. The molecule has 122 valence electrons. The molecule has 0 saturated carbocycles. The minimum absolute atomic E-state index is 0.343. The van der Waals surface area contributed by atoms with Gasteiger partial charge in [-0.2, -0.15) is 0 Å². The molecular weight excluding hydrogens is 324 g/mol. The smallest absolute Gasteiger partial charge is 0.325 e. The van der Waals surface area contributed by atoms with Gasteiger partial charge in [0.25, 0.3) is 0 Å². The summed E-state index contributed by atoms with van der Waals surface area (Å²) in [7, 11) is 0. The summed E-state index contributed by atoms with van der Waals surface area (Å²) in [6, 6.07) is 18.5. The van der Waals surface area contributed by atoms with E-state index in [0.717, 1.165) is 16.4 Å². The van der Waals surface area contributed by atoms with Gasteiger partial charge < -0.3 is 10.1 Å². The number of carbonyl (C=O) groups excluding carboxylic acids is 1. The normalized spacial score (nSPS) is 10.2. The number of aromatic nitrogens is 2. The van der Waals surface area contributed by atoms with Crippen molar-refractivity contribution < 1.29 is 9.53 Å². The van der Waals surface area contributed by atoms with E-state index in [2.05, 4.69) is 20.8 Å². The Morgan fingerprint density at radius 2 is 1.67 bits per heavy atom. The number of ether oxygens (including phenoxy) is 1. The Hall–Kier alpha value is -2.93. The Balaban J connectivity index is 1.46. The molecule has 7 heteroatoms. The molecule has 6 nitrogen and oxygen atoms in total. The monoisotopic (exact) mass is 340 g/mol. The van der Waals surface area contributed by atoms with E-state index in [-0.39, 0.29) is 6.03 Å². The van der Waals surface area contributed by atoms with Crippen LogP contribution in [-0.4, -0.2) is 22.8 Å². The maximum absolute atomic E-state index is 11.9. The van der Waals surface area contributed by atoms with Gasteiger partial charge in [0.1, 0.15) is 10.8 Å². The highest BCUT2D eigenvalue weighted by Gasteiger charge is 2.08. The van der Waals surface area contributed by atoms with Crippen molar-refractivity contribution in [1.82, 2.24) is 10.2 Å². The summed E-state index contributed by atoms with van der Waals surface area (Å²) in [5, 5.41) is 14.7. The largest absolute Gasteiger partial charge is 0.493 e. The predicted octanol–water partition coefficient (Wildman–Crippen LogP) is 3.80. The molecule has 0 unspecified atom stereocenters. The Morgan fingerprint density at radius 3 is 2.42 bits per heavy atom. The predicted molar refractivity (Wildman–Crippen MR) is 94.6 cm³/mol. The Morgan fingerprint density at radius 1 is 0.958 bits per heavy atom. The third-order valence-corrected chi connectivity index (χ3v) is 3.95. The summed E-state index contributed by atoms with van der Waals surface area (Å²) < 4.78 is 5.62. The van der Waals surface area contributed by atoms with Crippen LogP contribution in [0.3, 0.4) is 0 Å². The number of nitrogens with one attached hydrogen (secondary N) is 2. The lowest BCUT2D eigenvalue weighted by Gasteiger charge is -2.04. The van der Waals surface area contributed by atoms with E-state index in [1.165, 1.54) is 11.3 Å². The van der Waals surface area contributed by atoms with Crippen molar-refractivity contribution in [3.8, 4) is 5.75 Å². The third kappa shape index (κ3) is 4.79. The molecular formula is C17H16N4O2S. The summed E-state index contributed by atoms with van der Waals surface area (Å²) in [5.74, 6) is 0.822. The molecule has 2 aromatic carbocycles. The molecule has 1 heterocycles. The van der Waals surface area contributed by atoms with Crippen LogP contribution in [0.15, 0.2) is 60.7 Å². The summed E-state index contributed by atoms with van der Waals surface area (Å²) in [6.45, 7) is 0.509. The van der Waals surface area contributed by atoms with Gasteiger partial charge in [-0.3, -0.25) is 5.32 Å². The van der Waals surface area contributed by atoms with E-state index >= 15 is 0 Å². The fourth-order valence-corrected chi connectivity index (χ4v) is 2.67. The van der Waals surface area contributed by atoms with Crippen molar-refractivity contribution in [2.75, 3.05) is 17.2 Å². The topological polar surface area (TPSA) is 76.1 Å². The highest BCUT2D eigenvalue weighted by atomic mass is 32.1. The molecule has 3 rings (SSSR count). The van der Waals surface area contributed by atoms with E-state index < -0.39 is 0 Å². The number of carbonyl (C=O) groups is 1. The van der Waals surface area contributed by atoms with Crippen LogP contribution in [0, 0.1) is 0 Å². The minimum Gasteiger partial charge on any atom is -0.493 e. The van der Waals surface area contributed by atoms with Crippen LogP contribution in [0.4, 0.5) is 15.6 Å². The standard InChI is InChI=1S/C17H16N4O2S/c22-16(18-13-7-3-1-4-8-13)19-17-21-20-15(24-17)11-12-23-14-9-5-2-6-10-14/h1-10H,11-12H2,(H2,18,19,21,22). The second kappa shape index (κ2) is 8.07. The second-order valence-electron chi connectivity index (χ2n) is 4.86.